The van der Waals surface area contributed by atoms with Gasteiger partial charge in [-0.25, -0.2) is 0 Å². The zero-order chi connectivity index (χ0) is 13.5. The van der Waals surface area contributed by atoms with Crippen molar-refractivity contribution >= 4 is 34.5 Å². The molecule has 0 aromatic heterocycles. The SMILES string of the molecule is CCOC(=O)CN(CC)C(=O)c1ccc(I)cc1. The maximum Gasteiger partial charge on any atom is 0.325 e. The van der Waals surface area contributed by atoms with Gasteiger partial charge in [0.1, 0.15) is 6.54 Å². The molecule has 0 aliphatic rings. The van der Waals surface area contributed by atoms with Gasteiger partial charge in [-0.1, -0.05) is 0 Å². The van der Waals surface area contributed by atoms with E-state index in [0.29, 0.717) is 18.7 Å². The summed E-state index contributed by atoms with van der Waals surface area (Å²) >= 11 is 2.18. The third-order valence-electron chi connectivity index (χ3n) is 2.39. The Kier molecular flexibility index (Phi) is 6.11. The van der Waals surface area contributed by atoms with Gasteiger partial charge in [-0.15, -0.1) is 0 Å². The number of carbonyl (C=O) groups is 2. The van der Waals surface area contributed by atoms with Crippen LogP contribution in [0, 0.1) is 3.57 Å². The molecule has 0 unspecified atom stereocenters. The summed E-state index contributed by atoms with van der Waals surface area (Å²) in [5, 5.41) is 0. The molecule has 18 heavy (non-hydrogen) atoms. The average Bonchev–Trinajstić information content (AvgIpc) is 2.36. The maximum atomic E-state index is 12.1. The van der Waals surface area contributed by atoms with Crippen molar-refractivity contribution in [1.29, 1.82) is 0 Å². The molecule has 5 heteroatoms. The molecule has 4 nitrogen and oxygen atoms in total. The lowest BCUT2D eigenvalue weighted by Crippen LogP contribution is -2.36. The zero-order valence-electron chi connectivity index (χ0n) is 10.5. The van der Waals surface area contributed by atoms with Gasteiger partial charge in [-0.05, 0) is 60.7 Å². The molecular weight excluding hydrogens is 345 g/mol. The number of carbonyl (C=O) groups excluding carboxylic acids is 2. The lowest BCUT2D eigenvalue weighted by Gasteiger charge is -2.19. The Morgan fingerprint density at radius 3 is 2.33 bits per heavy atom. The van der Waals surface area contributed by atoms with E-state index >= 15 is 0 Å². The summed E-state index contributed by atoms with van der Waals surface area (Å²) in [6.07, 6.45) is 0. The highest BCUT2D eigenvalue weighted by molar-refractivity contribution is 14.1. The largest absolute Gasteiger partial charge is 0.465 e. The van der Waals surface area contributed by atoms with Gasteiger partial charge in [0, 0.05) is 15.7 Å². The molecule has 0 heterocycles. The van der Waals surface area contributed by atoms with E-state index in [0.717, 1.165) is 3.57 Å². The first-order valence-electron chi connectivity index (χ1n) is 5.79. The first-order valence-corrected chi connectivity index (χ1v) is 6.86. The minimum Gasteiger partial charge on any atom is -0.465 e. The second kappa shape index (κ2) is 7.35. The smallest absolute Gasteiger partial charge is 0.325 e. The Balaban J connectivity index is 2.73. The van der Waals surface area contributed by atoms with E-state index in [4.69, 9.17) is 4.74 Å². The van der Waals surface area contributed by atoms with Crippen molar-refractivity contribution in [3.8, 4) is 0 Å². The van der Waals surface area contributed by atoms with Crippen LogP contribution in [-0.4, -0.2) is 36.5 Å². The number of ether oxygens (including phenoxy) is 1. The second-order valence-electron chi connectivity index (χ2n) is 3.63. The van der Waals surface area contributed by atoms with Gasteiger partial charge in [0.2, 0.25) is 0 Å². The minimum atomic E-state index is -0.377. The molecule has 0 saturated carbocycles. The third-order valence-corrected chi connectivity index (χ3v) is 3.10. The van der Waals surface area contributed by atoms with Crippen LogP contribution >= 0.6 is 22.6 Å². The Labute approximate surface area is 120 Å². The van der Waals surface area contributed by atoms with Gasteiger partial charge < -0.3 is 9.64 Å². The van der Waals surface area contributed by atoms with Crippen LogP contribution in [0.5, 0.6) is 0 Å². The summed E-state index contributed by atoms with van der Waals surface area (Å²) in [6.45, 7) is 4.38. The summed E-state index contributed by atoms with van der Waals surface area (Å²) in [6, 6.07) is 7.26. The molecule has 1 amide bonds. The molecule has 1 rings (SSSR count). The zero-order valence-corrected chi connectivity index (χ0v) is 12.6. The summed E-state index contributed by atoms with van der Waals surface area (Å²) in [7, 11) is 0. The quantitative estimate of drug-likeness (QED) is 0.597. The van der Waals surface area contributed by atoms with E-state index in [2.05, 4.69) is 22.6 Å². The predicted molar refractivity (Wildman–Crippen MR) is 77.4 cm³/mol. The molecule has 0 atom stereocenters. The fourth-order valence-electron chi connectivity index (χ4n) is 1.46. The van der Waals surface area contributed by atoms with Crippen LogP contribution in [0.25, 0.3) is 0 Å². The molecule has 0 bridgehead atoms. The topological polar surface area (TPSA) is 46.6 Å². The van der Waals surface area contributed by atoms with Gasteiger partial charge in [0.15, 0.2) is 0 Å². The molecular formula is C13H16INO3. The summed E-state index contributed by atoms with van der Waals surface area (Å²) < 4.78 is 5.91. The van der Waals surface area contributed by atoms with E-state index in [1.165, 1.54) is 4.90 Å². The molecule has 0 radical (unpaired) electrons. The normalized spacial score (nSPS) is 9.94. The van der Waals surface area contributed by atoms with Gasteiger partial charge in [0.05, 0.1) is 6.61 Å². The monoisotopic (exact) mass is 361 g/mol. The molecule has 0 aliphatic heterocycles. The molecule has 0 N–H and O–H groups in total. The summed E-state index contributed by atoms with van der Waals surface area (Å²) in [5.74, 6) is -0.528. The number of hydrogen-bond acceptors (Lipinski definition) is 3. The van der Waals surface area contributed by atoms with Crippen LogP contribution in [0.1, 0.15) is 24.2 Å². The van der Waals surface area contributed by atoms with Gasteiger partial charge >= 0.3 is 5.97 Å². The highest BCUT2D eigenvalue weighted by atomic mass is 127. The Hall–Kier alpha value is -1.11. The lowest BCUT2D eigenvalue weighted by molar-refractivity contribution is -0.143. The second-order valence-corrected chi connectivity index (χ2v) is 4.88. The number of hydrogen-bond donors (Lipinski definition) is 0. The van der Waals surface area contributed by atoms with Gasteiger partial charge in [-0.2, -0.15) is 0 Å². The Morgan fingerprint density at radius 2 is 1.83 bits per heavy atom. The molecule has 1 aromatic rings. The van der Waals surface area contributed by atoms with E-state index < -0.39 is 0 Å². The van der Waals surface area contributed by atoms with E-state index in [-0.39, 0.29) is 18.4 Å². The summed E-state index contributed by atoms with van der Waals surface area (Å²) in [4.78, 5) is 25.0. The minimum absolute atomic E-state index is 0.00480. The standard InChI is InChI=1S/C13H16INO3/c1-3-15(9-12(16)18-4-2)13(17)10-5-7-11(14)8-6-10/h5-8H,3-4,9H2,1-2H3. The molecule has 0 spiro atoms. The van der Waals surface area contributed by atoms with Crippen molar-refractivity contribution in [3.05, 3.63) is 33.4 Å². The van der Waals surface area contributed by atoms with Gasteiger partial charge in [-0.3, -0.25) is 9.59 Å². The first kappa shape index (κ1) is 14.9. The molecule has 98 valence electrons. The van der Waals surface area contributed by atoms with Gasteiger partial charge in [0.25, 0.3) is 5.91 Å². The van der Waals surface area contributed by atoms with E-state index in [1.54, 1.807) is 19.1 Å². The molecule has 1 aromatic carbocycles. The maximum absolute atomic E-state index is 12.1. The fourth-order valence-corrected chi connectivity index (χ4v) is 1.82. The number of halogens is 1. The van der Waals surface area contributed by atoms with Crippen molar-refractivity contribution in [2.45, 2.75) is 13.8 Å². The number of rotatable bonds is 5. The fraction of sp³-hybridized carbons (Fsp3) is 0.385. The van der Waals surface area contributed by atoms with Crippen LogP contribution in [0.4, 0.5) is 0 Å². The number of likely N-dealkylation sites (N-methyl/N-ethyl adjacent to an activating group) is 1. The molecule has 0 aliphatic carbocycles. The van der Waals surface area contributed by atoms with E-state index in [9.17, 15) is 9.59 Å². The van der Waals surface area contributed by atoms with Crippen molar-refractivity contribution in [1.82, 2.24) is 4.90 Å². The van der Waals surface area contributed by atoms with E-state index in [1.807, 2.05) is 19.1 Å². The Morgan fingerprint density at radius 1 is 1.22 bits per heavy atom. The van der Waals surface area contributed by atoms with Crippen LogP contribution in [0.15, 0.2) is 24.3 Å². The number of nitrogens with zero attached hydrogens (tertiary/aromatic N) is 1. The Bertz CT molecular complexity index is 417. The number of amides is 1. The molecule has 0 fully saturated rings. The highest BCUT2D eigenvalue weighted by Gasteiger charge is 2.17. The van der Waals surface area contributed by atoms with Crippen molar-refractivity contribution < 1.29 is 14.3 Å². The van der Waals surface area contributed by atoms with Crippen LogP contribution in [0.3, 0.4) is 0 Å². The van der Waals surface area contributed by atoms with Crippen molar-refractivity contribution in [2.75, 3.05) is 19.7 Å². The van der Waals surface area contributed by atoms with Crippen LogP contribution in [0.2, 0.25) is 0 Å². The van der Waals surface area contributed by atoms with Crippen molar-refractivity contribution in [3.63, 3.8) is 0 Å². The van der Waals surface area contributed by atoms with Crippen LogP contribution in [-0.2, 0) is 9.53 Å². The molecule has 0 saturated heterocycles. The number of esters is 1. The van der Waals surface area contributed by atoms with Crippen LogP contribution < -0.4 is 0 Å². The lowest BCUT2D eigenvalue weighted by atomic mass is 10.2. The number of benzene rings is 1. The third kappa shape index (κ3) is 4.29. The average molecular weight is 361 g/mol. The predicted octanol–water partition coefficient (Wildman–Crippen LogP) is 2.32. The summed E-state index contributed by atoms with van der Waals surface area (Å²) in [5.41, 5.74) is 0.585. The van der Waals surface area contributed by atoms with Crippen molar-refractivity contribution in [2.24, 2.45) is 0 Å². The first-order chi connectivity index (χ1) is 8.58. The highest BCUT2D eigenvalue weighted by Crippen LogP contribution is 2.09.